The van der Waals surface area contributed by atoms with Gasteiger partial charge in [0.25, 0.3) is 0 Å². The number of rotatable bonds is 9. The van der Waals surface area contributed by atoms with Crippen molar-refractivity contribution in [1.29, 1.82) is 0 Å². The van der Waals surface area contributed by atoms with E-state index in [0.29, 0.717) is 31.8 Å². The topological polar surface area (TPSA) is 58.6 Å². The van der Waals surface area contributed by atoms with Crippen LogP contribution in [0.1, 0.15) is 51.6 Å². The molecule has 146 valence electrons. The van der Waals surface area contributed by atoms with Gasteiger partial charge in [-0.3, -0.25) is 9.59 Å². The number of carbonyl (C=O) groups excluding carboxylic acids is 2. The Labute approximate surface area is 162 Å². The first-order valence-corrected chi connectivity index (χ1v) is 9.62. The predicted octanol–water partition coefficient (Wildman–Crippen LogP) is 3.74. The Bertz CT molecular complexity index is 695. The molecule has 1 aromatic carbocycles. The Hall–Kier alpha value is -2.40. The SMILES string of the molecule is CCCCN(C=O)C1=C(/C=C(\C)C(=O)N[C@H](C)c2ccccc2)COCC1. The van der Waals surface area contributed by atoms with E-state index in [-0.39, 0.29) is 11.9 Å². The van der Waals surface area contributed by atoms with Gasteiger partial charge in [-0.15, -0.1) is 0 Å². The van der Waals surface area contributed by atoms with Gasteiger partial charge in [-0.25, -0.2) is 0 Å². The van der Waals surface area contributed by atoms with Crippen molar-refractivity contribution >= 4 is 12.3 Å². The van der Waals surface area contributed by atoms with Gasteiger partial charge < -0.3 is 15.0 Å². The third kappa shape index (κ3) is 6.07. The number of ether oxygens (including phenoxy) is 1. The van der Waals surface area contributed by atoms with Crippen molar-refractivity contribution in [3.63, 3.8) is 0 Å². The smallest absolute Gasteiger partial charge is 0.247 e. The van der Waals surface area contributed by atoms with Crippen LogP contribution in [0.2, 0.25) is 0 Å². The van der Waals surface area contributed by atoms with Crippen molar-refractivity contribution in [2.45, 2.75) is 46.1 Å². The zero-order valence-corrected chi connectivity index (χ0v) is 16.5. The Morgan fingerprint density at radius 1 is 1.33 bits per heavy atom. The van der Waals surface area contributed by atoms with Crippen molar-refractivity contribution in [3.05, 3.63) is 58.8 Å². The standard InChI is InChI=1S/C22H30N2O3/c1-4-5-12-24(16-25)21-11-13-27-15-20(21)14-17(2)22(26)23-18(3)19-9-7-6-8-10-19/h6-10,14,16,18H,4-5,11-13,15H2,1-3H3,(H,23,26)/b17-14+/t18-/m1/s1. The molecule has 0 bridgehead atoms. The molecular formula is C22H30N2O3. The van der Waals surface area contributed by atoms with E-state index in [1.165, 1.54) is 0 Å². The Morgan fingerprint density at radius 3 is 2.74 bits per heavy atom. The van der Waals surface area contributed by atoms with Gasteiger partial charge in [0.1, 0.15) is 0 Å². The summed E-state index contributed by atoms with van der Waals surface area (Å²) in [6.07, 6.45) is 5.40. The van der Waals surface area contributed by atoms with Crippen molar-refractivity contribution in [2.24, 2.45) is 0 Å². The fourth-order valence-electron chi connectivity index (χ4n) is 3.09. The second kappa shape index (κ2) is 10.7. The molecule has 0 spiro atoms. The molecule has 2 rings (SSSR count). The Kier molecular flexibility index (Phi) is 8.27. The lowest BCUT2D eigenvalue weighted by atomic mass is 10.0. The molecule has 0 aliphatic carbocycles. The maximum absolute atomic E-state index is 12.6. The molecule has 0 saturated carbocycles. The van der Waals surface area contributed by atoms with Gasteiger partial charge in [0.2, 0.25) is 12.3 Å². The lowest BCUT2D eigenvalue weighted by molar-refractivity contribution is -0.118. The molecule has 0 aromatic heterocycles. The molecule has 27 heavy (non-hydrogen) atoms. The molecule has 0 radical (unpaired) electrons. The highest BCUT2D eigenvalue weighted by molar-refractivity contribution is 5.93. The summed E-state index contributed by atoms with van der Waals surface area (Å²) in [7, 11) is 0. The fraction of sp³-hybridized carbons (Fsp3) is 0.455. The van der Waals surface area contributed by atoms with Gasteiger partial charge in [-0.2, -0.15) is 0 Å². The number of hydrogen-bond donors (Lipinski definition) is 1. The van der Waals surface area contributed by atoms with E-state index in [1.807, 2.05) is 43.3 Å². The number of unbranched alkanes of at least 4 members (excludes halogenated alkanes) is 1. The van der Waals surface area contributed by atoms with Crippen LogP contribution in [0.3, 0.4) is 0 Å². The van der Waals surface area contributed by atoms with Crippen molar-refractivity contribution < 1.29 is 14.3 Å². The highest BCUT2D eigenvalue weighted by Gasteiger charge is 2.19. The predicted molar refractivity (Wildman–Crippen MR) is 107 cm³/mol. The lowest BCUT2D eigenvalue weighted by Crippen LogP contribution is -2.29. The lowest BCUT2D eigenvalue weighted by Gasteiger charge is -2.27. The van der Waals surface area contributed by atoms with Crippen LogP contribution in [0.15, 0.2) is 53.3 Å². The zero-order valence-electron chi connectivity index (χ0n) is 16.5. The molecular weight excluding hydrogens is 340 g/mol. The maximum Gasteiger partial charge on any atom is 0.247 e. The number of amides is 2. The first kappa shape index (κ1) is 20.9. The van der Waals surface area contributed by atoms with E-state index in [4.69, 9.17) is 4.74 Å². The van der Waals surface area contributed by atoms with E-state index < -0.39 is 0 Å². The summed E-state index contributed by atoms with van der Waals surface area (Å²) < 4.78 is 5.57. The summed E-state index contributed by atoms with van der Waals surface area (Å²) in [5, 5.41) is 3.02. The summed E-state index contributed by atoms with van der Waals surface area (Å²) in [5.74, 6) is -0.116. The van der Waals surface area contributed by atoms with E-state index in [2.05, 4.69) is 12.2 Å². The van der Waals surface area contributed by atoms with E-state index in [0.717, 1.165) is 36.1 Å². The normalized spacial score (nSPS) is 16.0. The van der Waals surface area contributed by atoms with Gasteiger partial charge >= 0.3 is 0 Å². The average molecular weight is 370 g/mol. The van der Waals surface area contributed by atoms with Gasteiger partial charge in [-0.1, -0.05) is 43.7 Å². The third-order valence-electron chi connectivity index (χ3n) is 4.73. The highest BCUT2D eigenvalue weighted by atomic mass is 16.5. The number of nitrogens with zero attached hydrogens (tertiary/aromatic N) is 1. The number of nitrogens with one attached hydrogen (secondary N) is 1. The molecule has 2 amide bonds. The Morgan fingerprint density at radius 2 is 2.07 bits per heavy atom. The summed E-state index contributed by atoms with van der Waals surface area (Å²) >= 11 is 0. The van der Waals surface area contributed by atoms with Crippen LogP contribution >= 0.6 is 0 Å². The van der Waals surface area contributed by atoms with E-state index in [1.54, 1.807) is 11.8 Å². The summed E-state index contributed by atoms with van der Waals surface area (Å²) in [6.45, 7) is 7.58. The van der Waals surface area contributed by atoms with Crippen molar-refractivity contribution in [3.8, 4) is 0 Å². The quantitative estimate of drug-likeness (QED) is 0.532. The largest absolute Gasteiger partial charge is 0.376 e. The first-order valence-electron chi connectivity index (χ1n) is 9.62. The number of benzene rings is 1. The molecule has 1 aliphatic heterocycles. The van der Waals surface area contributed by atoms with Crippen LogP contribution < -0.4 is 5.32 Å². The highest BCUT2D eigenvalue weighted by Crippen LogP contribution is 2.22. The molecule has 1 N–H and O–H groups in total. The van der Waals surface area contributed by atoms with Crippen LogP contribution in [-0.4, -0.2) is 37.0 Å². The minimum Gasteiger partial charge on any atom is -0.376 e. The van der Waals surface area contributed by atoms with Crippen LogP contribution in [-0.2, 0) is 14.3 Å². The van der Waals surface area contributed by atoms with Gasteiger partial charge in [0, 0.05) is 24.2 Å². The molecule has 5 nitrogen and oxygen atoms in total. The van der Waals surface area contributed by atoms with E-state index >= 15 is 0 Å². The minimum atomic E-state index is -0.116. The van der Waals surface area contributed by atoms with Gasteiger partial charge in [0.15, 0.2) is 0 Å². The van der Waals surface area contributed by atoms with Crippen LogP contribution in [0.5, 0.6) is 0 Å². The minimum absolute atomic E-state index is 0.0749. The average Bonchev–Trinajstić information content (AvgIpc) is 2.70. The molecule has 1 heterocycles. The first-order chi connectivity index (χ1) is 13.1. The summed E-state index contributed by atoms with van der Waals surface area (Å²) in [5.41, 5.74) is 3.54. The molecule has 1 atom stereocenters. The number of carbonyl (C=O) groups is 2. The van der Waals surface area contributed by atoms with Crippen LogP contribution in [0.25, 0.3) is 0 Å². The Balaban J connectivity index is 2.14. The fourth-order valence-corrected chi connectivity index (χ4v) is 3.09. The van der Waals surface area contributed by atoms with Crippen molar-refractivity contribution in [2.75, 3.05) is 19.8 Å². The maximum atomic E-state index is 12.6. The summed E-state index contributed by atoms with van der Waals surface area (Å²) in [6, 6.07) is 9.79. The van der Waals surface area contributed by atoms with Gasteiger partial charge in [-0.05, 0) is 37.5 Å². The second-order valence-corrected chi connectivity index (χ2v) is 6.86. The van der Waals surface area contributed by atoms with Crippen molar-refractivity contribution in [1.82, 2.24) is 10.2 Å². The van der Waals surface area contributed by atoms with Crippen LogP contribution in [0, 0.1) is 0 Å². The molecule has 0 saturated heterocycles. The monoisotopic (exact) mass is 370 g/mol. The third-order valence-corrected chi connectivity index (χ3v) is 4.73. The van der Waals surface area contributed by atoms with Crippen LogP contribution in [0.4, 0.5) is 0 Å². The second-order valence-electron chi connectivity index (χ2n) is 6.86. The summed E-state index contributed by atoms with van der Waals surface area (Å²) in [4.78, 5) is 25.9. The molecule has 0 unspecified atom stereocenters. The molecule has 0 fully saturated rings. The molecule has 5 heteroatoms. The molecule has 1 aliphatic rings. The molecule has 1 aromatic rings. The van der Waals surface area contributed by atoms with Gasteiger partial charge in [0.05, 0.1) is 19.3 Å². The zero-order chi connectivity index (χ0) is 19.6. The number of hydrogen-bond acceptors (Lipinski definition) is 3. The van der Waals surface area contributed by atoms with E-state index in [9.17, 15) is 9.59 Å².